The molecule has 0 aliphatic carbocycles. The van der Waals surface area contributed by atoms with E-state index in [0.717, 1.165) is 6.42 Å². The zero-order valence-electron chi connectivity index (χ0n) is 12.8. The van der Waals surface area contributed by atoms with Crippen LogP contribution in [0.15, 0.2) is 24.3 Å². The van der Waals surface area contributed by atoms with Gasteiger partial charge in [0, 0.05) is 13.1 Å². The Morgan fingerprint density at radius 1 is 1.33 bits per heavy atom. The van der Waals surface area contributed by atoms with Gasteiger partial charge in [0.05, 0.1) is 0 Å². The number of aryl methyl sites for hydroxylation is 1. The number of benzene rings is 1. The molecule has 0 unspecified atom stereocenters. The van der Waals surface area contributed by atoms with Crippen LogP contribution in [0, 0.1) is 0 Å². The molecule has 1 aromatic rings. The highest BCUT2D eigenvalue weighted by Gasteiger charge is 2.40. The topological polar surface area (TPSA) is 58.6 Å². The third kappa shape index (κ3) is 3.35. The number of hydrogen-bond donors (Lipinski definition) is 1. The molecule has 1 fully saturated rings. The van der Waals surface area contributed by atoms with E-state index >= 15 is 0 Å². The minimum absolute atomic E-state index is 0.0534. The van der Waals surface area contributed by atoms with Gasteiger partial charge in [-0.1, -0.05) is 19.1 Å². The predicted octanol–water partition coefficient (Wildman–Crippen LogP) is 1.36. The van der Waals surface area contributed by atoms with E-state index in [2.05, 4.69) is 12.2 Å². The Morgan fingerprint density at radius 3 is 2.62 bits per heavy atom. The fourth-order valence-electron chi connectivity index (χ4n) is 2.38. The summed E-state index contributed by atoms with van der Waals surface area (Å²) < 4.78 is 5.53. The second-order valence-corrected chi connectivity index (χ2v) is 5.65. The quantitative estimate of drug-likeness (QED) is 0.911. The minimum atomic E-state index is -0.829. The van der Waals surface area contributed by atoms with Crippen LogP contribution in [0.2, 0.25) is 0 Å². The highest BCUT2D eigenvalue weighted by Crippen LogP contribution is 2.18. The summed E-state index contributed by atoms with van der Waals surface area (Å²) in [6, 6.07) is 7.69. The van der Waals surface area contributed by atoms with Crippen LogP contribution in [-0.2, 0) is 16.0 Å². The molecule has 5 nitrogen and oxygen atoms in total. The number of nitrogens with one attached hydrogen (secondary N) is 1. The molecule has 0 radical (unpaired) electrons. The summed E-state index contributed by atoms with van der Waals surface area (Å²) in [6.07, 6.45) is 0.969. The average Bonchev–Trinajstić information content (AvgIpc) is 2.48. The van der Waals surface area contributed by atoms with Gasteiger partial charge >= 0.3 is 0 Å². The molecule has 0 bridgehead atoms. The molecule has 0 spiro atoms. The first-order valence-electron chi connectivity index (χ1n) is 7.25. The summed E-state index contributed by atoms with van der Waals surface area (Å²) >= 11 is 0. The maximum atomic E-state index is 12.3. The summed E-state index contributed by atoms with van der Waals surface area (Å²) in [6.45, 7) is 6.52. The number of piperazine rings is 1. The van der Waals surface area contributed by atoms with Crippen molar-refractivity contribution in [3.8, 4) is 5.75 Å². The van der Waals surface area contributed by atoms with Crippen molar-refractivity contribution in [2.24, 2.45) is 0 Å². The lowest BCUT2D eigenvalue weighted by Gasteiger charge is -2.41. The molecule has 21 heavy (non-hydrogen) atoms. The third-order valence-electron chi connectivity index (χ3n) is 3.85. The SMILES string of the molecule is CCc1ccc(OCC(=O)N2CCNC(=O)C2(C)C)cc1. The molecule has 0 aromatic heterocycles. The molecule has 2 rings (SSSR count). The molecule has 0 saturated carbocycles. The normalized spacial score (nSPS) is 17.3. The van der Waals surface area contributed by atoms with E-state index in [1.54, 1.807) is 18.7 Å². The Labute approximate surface area is 125 Å². The van der Waals surface area contributed by atoms with E-state index in [9.17, 15) is 9.59 Å². The van der Waals surface area contributed by atoms with E-state index in [4.69, 9.17) is 4.74 Å². The number of nitrogens with zero attached hydrogens (tertiary/aromatic N) is 1. The first-order chi connectivity index (χ1) is 9.95. The Kier molecular flexibility index (Phi) is 4.50. The van der Waals surface area contributed by atoms with Gasteiger partial charge in [-0.3, -0.25) is 9.59 Å². The Morgan fingerprint density at radius 2 is 2.00 bits per heavy atom. The fourth-order valence-corrected chi connectivity index (χ4v) is 2.38. The molecule has 1 N–H and O–H groups in total. The van der Waals surface area contributed by atoms with Crippen LogP contribution in [0.25, 0.3) is 0 Å². The fraction of sp³-hybridized carbons (Fsp3) is 0.500. The molecule has 1 aromatic carbocycles. The standard InChI is InChI=1S/C16H22N2O3/c1-4-12-5-7-13(8-6-12)21-11-14(19)18-10-9-17-15(20)16(18,2)3/h5-8H,4,9-11H2,1-3H3,(H,17,20). The number of rotatable bonds is 4. The smallest absolute Gasteiger partial charge is 0.261 e. The molecule has 1 saturated heterocycles. The highest BCUT2D eigenvalue weighted by atomic mass is 16.5. The summed E-state index contributed by atoms with van der Waals surface area (Å²) in [7, 11) is 0. The second-order valence-electron chi connectivity index (χ2n) is 5.65. The molecule has 1 aliphatic heterocycles. The van der Waals surface area contributed by atoms with Crippen molar-refractivity contribution in [1.82, 2.24) is 10.2 Å². The Bertz CT molecular complexity index is 523. The zero-order chi connectivity index (χ0) is 15.5. The van der Waals surface area contributed by atoms with Crippen molar-refractivity contribution in [1.29, 1.82) is 0 Å². The lowest BCUT2D eigenvalue weighted by molar-refractivity contribution is -0.150. The molecule has 114 valence electrons. The van der Waals surface area contributed by atoms with Crippen molar-refractivity contribution in [3.63, 3.8) is 0 Å². The molecule has 2 amide bonds. The van der Waals surface area contributed by atoms with E-state index in [-0.39, 0.29) is 18.4 Å². The zero-order valence-corrected chi connectivity index (χ0v) is 12.8. The molecular weight excluding hydrogens is 268 g/mol. The average molecular weight is 290 g/mol. The number of ether oxygens (including phenoxy) is 1. The lowest BCUT2D eigenvalue weighted by atomic mass is 9.99. The van der Waals surface area contributed by atoms with Crippen LogP contribution in [0.3, 0.4) is 0 Å². The van der Waals surface area contributed by atoms with Crippen molar-refractivity contribution < 1.29 is 14.3 Å². The first-order valence-corrected chi connectivity index (χ1v) is 7.25. The maximum absolute atomic E-state index is 12.3. The predicted molar refractivity (Wildman–Crippen MR) is 80.1 cm³/mol. The molecular formula is C16H22N2O3. The lowest BCUT2D eigenvalue weighted by Crippen LogP contribution is -2.64. The van der Waals surface area contributed by atoms with Crippen molar-refractivity contribution in [2.45, 2.75) is 32.7 Å². The van der Waals surface area contributed by atoms with Crippen LogP contribution in [0.1, 0.15) is 26.3 Å². The van der Waals surface area contributed by atoms with Crippen molar-refractivity contribution >= 4 is 11.8 Å². The van der Waals surface area contributed by atoms with E-state index < -0.39 is 5.54 Å². The Balaban J connectivity index is 1.96. The van der Waals surface area contributed by atoms with Gasteiger partial charge in [-0.25, -0.2) is 0 Å². The molecule has 5 heteroatoms. The summed E-state index contributed by atoms with van der Waals surface area (Å²) in [5, 5.41) is 2.77. The van der Waals surface area contributed by atoms with Gasteiger partial charge in [-0.15, -0.1) is 0 Å². The summed E-state index contributed by atoms with van der Waals surface area (Å²) in [5.74, 6) is 0.364. The van der Waals surface area contributed by atoms with Gasteiger partial charge in [0.1, 0.15) is 11.3 Å². The van der Waals surface area contributed by atoms with Crippen LogP contribution < -0.4 is 10.1 Å². The van der Waals surface area contributed by atoms with E-state index in [1.807, 2.05) is 24.3 Å². The number of hydrogen-bond acceptors (Lipinski definition) is 3. The number of amides is 2. The molecule has 1 heterocycles. The number of carbonyl (C=O) groups is 2. The van der Waals surface area contributed by atoms with Gasteiger partial charge in [0.2, 0.25) is 5.91 Å². The minimum Gasteiger partial charge on any atom is -0.484 e. The number of carbonyl (C=O) groups excluding carboxylic acids is 2. The maximum Gasteiger partial charge on any atom is 0.261 e. The Hall–Kier alpha value is -2.04. The molecule has 1 aliphatic rings. The van der Waals surface area contributed by atoms with Crippen LogP contribution >= 0.6 is 0 Å². The highest BCUT2D eigenvalue weighted by molar-refractivity contribution is 5.92. The van der Waals surface area contributed by atoms with Crippen molar-refractivity contribution in [2.75, 3.05) is 19.7 Å². The van der Waals surface area contributed by atoms with Crippen LogP contribution in [0.4, 0.5) is 0 Å². The largest absolute Gasteiger partial charge is 0.484 e. The third-order valence-corrected chi connectivity index (χ3v) is 3.85. The van der Waals surface area contributed by atoms with Crippen molar-refractivity contribution in [3.05, 3.63) is 29.8 Å². The van der Waals surface area contributed by atoms with Gasteiger partial charge < -0.3 is 15.0 Å². The van der Waals surface area contributed by atoms with Crippen LogP contribution in [-0.4, -0.2) is 41.9 Å². The monoisotopic (exact) mass is 290 g/mol. The van der Waals surface area contributed by atoms with Crippen LogP contribution in [0.5, 0.6) is 5.75 Å². The van der Waals surface area contributed by atoms with E-state index in [1.165, 1.54) is 5.56 Å². The second kappa shape index (κ2) is 6.16. The van der Waals surface area contributed by atoms with E-state index in [0.29, 0.717) is 18.8 Å². The summed E-state index contributed by atoms with van der Waals surface area (Å²) in [4.78, 5) is 25.7. The summed E-state index contributed by atoms with van der Waals surface area (Å²) in [5.41, 5.74) is 0.396. The molecule has 0 atom stereocenters. The van der Waals surface area contributed by atoms with Gasteiger partial charge in [0.25, 0.3) is 5.91 Å². The van der Waals surface area contributed by atoms with Gasteiger partial charge in [-0.2, -0.15) is 0 Å². The van der Waals surface area contributed by atoms with Gasteiger partial charge in [-0.05, 0) is 38.0 Å². The first kappa shape index (κ1) is 15.4. The van der Waals surface area contributed by atoms with Gasteiger partial charge in [0.15, 0.2) is 6.61 Å².